The van der Waals surface area contributed by atoms with E-state index in [1.807, 2.05) is 18.2 Å². The number of carbonyl (C=O) groups excluding carboxylic acids is 1. The van der Waals surface area contributed by atoms with Gasteiger partial charge in [-0.05, 0) is 37.1 Å². The van der Waals surface area contributed by atoms with Crippen LogP contribution in [0.1, 0.15) is 18.4 Å². The highest BCUT2D eigenvalue weighted by Crippen LogP contribution is 2.34. The Bertz CT molecular complexity index is 528. The Labute approximate surface area is 142 Å². The van der Waals surface area contributed by atoms with Crippen molar-refractivity contribution in [2.75, 3.05) is 40.3 Å². The van der Waals surface area contributed by atoms with Gasteiger partial charge in [-0.1, -0.05) is 29.3 Å². The van der Waals surface area contributed by atoms with Crippen molar-refractivity contribution in [3.8, 4) is 0 Å². The maximum absolute atomic E-state index is 11.7. The number of likely N-dealkylation sites (N-methyl/N-ethyl adjacent to an activating group) is 1. The molecule has 1 saturated heterocycles. The lowest BCUT2D eigenvalue weighted by atomic mass is 9.74. The van der Waals surface area contributed by atoms with Crippen molar-refractivity contribution >= 4 is 29.1 Å². The second kappa shape index (κ2) is 7.64. The Morgan fingerprint density at radius 2 is 2.14 bits per heavy atom. The third-order valence-electron chi connectivity index (χ3n) is 4.24. The van der Waals surface area contributed by atoms with E-state index in [1.54, 1.807) is 19.0 Å². The van der Waals surface area contributed by atoms with E-state index < -0.39 is 0 Å². The Morgan fingerprint density at radius 3 is 2.73 bits per heavy atom. The van der Waals surface area contributed by atoms with E-state index in [1.165, 1.54) is 5.56 Å². The molecule has 1 heterocycles. The summed E-state index contributed by atoms with van der Waals surface area (Å²) in [7, 11) is 3.53. The maximum atomic E-state index is 11.7. The summed E-state index contributed by atoms with van der Waals surface area (Å²) < 4.78 is 0. The van der Waals surface area contributed by atoms with Crippen LogP contribution in [0.4, 0.5) is 0 Å². The molecule has 1 aliphatic heterocycles. The van der Waals surface area contributed by atoms with Crippen LogP contribution in [0.2, 0.25) is 10.0 Å². The molecule has 122 valence electrons. The van der Waals surface area contributed by atoms with Crippen LogP contribution >= 0.6 is 23.2 Å². The van der Waals surface area contributed by atoms with Crippen LogP contribution in [-0.4, -0.2) is 51.1 Å². The minimum atomic E-state index is -0.0565. The number of nitrogens with one attached hydrogen (secondary N) is 2. The largest absolute Gasteiger partial charge is 0.348 e. The zero-order chi connectivity index (χ0) is 16.2. The Balaban J connectivity index is 2.13. The van der Waals surface area contributed by atoms with E-state index in [-0.39, 0.29) is 11.3 Å². The van der Waals surface area contributed by atoms with E-state index in [0.717, 1.165) is 32.5 Å². The molecule has 2 N–H and O–H groups in total. The van der Waals surface area contributed by atoms with Gasteiger partial charge in [0.05, 0.1) is 16.6 Å². The summed E-state index contributed by atoms with van der Waals surface area (Å²) in [5, 5.41) is 7.91. The molecule has 1 aromatic rings. The minimum Gasteiger partial charge on any atom is -0.348 e. The first-order chi connectivity index (χ1) is 10.4. The molecule has 1 fully saturated rings. The van der Waals surface area contributed by atoms with E-state index in [2.05, 4.69) is 10.6 Å². The topological polar surface area (TPSA) is 44.4 Å². The van der Waals surface area contributed by atoms with Gasteiger partial charge in [-0.2, -0.15) is 0 Å². The van der Waals surface area contributed by atoms with Gasteiger partial charge in [0.25, 0.3) is 0 Å². The van der Waals surface area contributed by atoms with Crippen molar-refractivity contribution in [3.05, 3.63) is 33.8 Å². The number of hydrogen-bond donors (Lipinski definition) is 2. The molecule has 1 aromatic carbocycles. The molecule has 0 radical (unpaired) electrons. The SMILES string of the molecule is CN(C)C(=O)CNC[C@]1(c2ccc(Cl)c(Cl)c2)CCCNC1. The molecular weight excluding hydrogens is 321 g/mol. The second-order valence-electron chi connectivity index (χ2n) is 6.08. The number of benzene rings is 1. The highest BCUT2D eigenvalue weighted by molar-refractivity contribution is 6.42. The van der Waals surface area contributed by atoms with Crippen LogP contribution in [0, 0.1) is 0 Å². The molecule has 0 bridgehead atoms. The highest BCUT2D eigenvalue weighted by Gasteiger charge is 2.34. The third kappa shape index (κ3) is 4.13. The van der Waals surface area contributed by atoms with Crippen molar-refractivity contribution in [2.24, 2.45) is 0 Å². The molecule has 0 saturated carbocycles. The van der Waals surface area contributed by atoms with Crippen LogP contribution in [0.15, 0.2) is 18.2 Å². The lowest BCUT2D eigenvalue weighted by Gasteiger charge is -2.39. The Kier molecular flexibility index (Phi) is 6.09. The van der Waals surface area contributed by atoms with E-state index in [0.29, 0.717) is 16.6 Å². The van der Waals surface area contributed by atoms with Gasteiger partial charge in [0.2, 0.25) is 5.91 Å². The number of hydrogen-bond acceptors (Lipinski definition) is 3. The lowest BCUT2D eigenvalue weighted by molar-refractivity contribution is -0.127. The molecule has 4 nitrogen and oxygen atoms in total. The molecule has 1 amide bonds. The van der Waals surface area contributed by atoms with Crippen LogP contribution in [0.3, 0.4) is 0 Å². The highest BCUT2D eigenvalue weighted by atomic mass is 35.5. The fourth-order valence-corrected chi connectivity index (χ4v) is 3.16. The van der Waals surface area contributed by atoms with Gasteiger partial charge in [0.1, 0.15) is 0 Å². The van der Waals surface area contributed by atoms with Gasteiger partial charge in [-0.15, -0.1) is 0 Å². The molecule has 2 rings (SSSR count). The van der Waals surface area contributed by atoms with Crippen molar-refractivity contribution < 1.29 is 4.79 Å². The minimum absolute atomic E-state index is 0.0565. The van der Waals surface area contributed by atoms with Gasteiger partial charge in [0, 0.05) is 32.6 Å². The Morgan fingerprint density at radius 1 is 1.36 bits per heavy atom. The van der Waals surface area contributed by atoms with Crippen molar-refractivity contribution in [2.45, 2.75) is 18.3 Å². The predicted molar refractivity (Wildman–Crippen MR) is 91.8 cm³/mol. The number of rotatable bonds is 5. The number of amides is 1. The summed E-state index contributed by atoms with van der Waals surface area (Å²) in [6.07, 6.45) is 2.16. The van der Waals surface area contributed by atoms with Gasteiger partial charge >= 0.3 is 0 Å². The summed E-state index contributed by atoms with van der Waals surface area (Å²) in [6.45, 7) is 2.97. The van der Waals surface area contributed by atoms with E-state index in [9.17, 15) is 4.79 Å². The normalized spacial score (nSPS) is 21.6. The van der Waals surface area contributed by atoms with Crippen LogP contribution < -0.4 is 10.6 Å². The summed E-state index contributed by atoms with van der Waals surface area (Å²) >= 11 is 12.2. The molecule has 0 unspecified atom stereocenters. The van der Waals surface area contributed by atoms with Crippen LogP contribution in [0.25, 0.3) is 0 Å². The zero-order valence-electron chi connectivity index (χ0n) is 13.1. The van der Waals surface area contributed by atoms with E-state index in [4.69, 9.17) is 23.2 Å². The van der Waals surface area contributed by atoms with E-state index >= 15 is 0 Å². The van der Waals surface area contributed by atoms with Gasteiger partial charge in [-0.25, -0.2) is 0 Å². The molecule has 0 aromatic heterocycles. The van der Waals surface area contributed by atoms with Gasteiger partial charge in [-0.3, -0.25) is 4.79 Å². The molecule has 6 heteroatoms. The second-order valence-corrected chi connectivity index (χ2v) is 6.90. The summed E-state index contributed by atoms with van der Waals surface area (Å²) in [6, 6.07) is 5.84. The number of carbonyl (C=O) groups is 1. The monoisotopic (exact) mass is 343 g/mol. The van der Waals surface area contributed by atoms with Crippen LogP contribution in [-0.2, 0) is 10.2 Å². The number of halogens is 2. The molecule has 0 aliphatic carbocycles. The van der Waals surface area contributed by atoms with Gasteiger partial charge < -0.3 is 15.5 Å². The molecule has 22 heavy (non-hydrogen) atoms. The third-order valence-corrected chi connectivity index (χ3v) is 4.98. The maximum Gasteiger partial charge on any atom is 0.236 e. The predicted octanol–water partition coefficient (Wildman–Crippen LogP) is 2.29. The number of nitrogens with zero attached hydrogens (tertiary/aromatic N) is 1. The first-order valence-corrected chi connectivity index (χ1v) is 8.27. The number of piperidine rings is 1. The first kappa shape index (κ1) is 17.5. The smallest absolute Gasteiger partial charge is 0.236 e. The fourth-order valence-electron chi connectivity index (χ4n) is 2.86. The average molecular weight is 344 g/mol. The molecule has 1 atom stereocenters. The standard InChI is InChI=1S/C16H23Cl2N3O/c1-21(2)15(22)9-20-11-16(6-3-7-19-10-16)12-4-5-13(17)14(18)8-12/h4-5,8,19-20H,3,6-7,9-11H2,1-2H3/t16-/m0/s1. The molecular formula is C16H23Cl2N3O. The first-order valence-electron chi connectivity index (χ1n) is 7.52. The van der Waals surface area contributed by atoms with Crippen LogP contribution in [0.5, 0.6) is 0 Å². The average Bonchev–Trinajstić information content (AvgIpc) is 2.50. The quantitative estimate of drug-likeness (QED) is 0.862. The van der Waals surface area contributed by atoms with Gasteiger partial charge in [0.15, 0.2) is 0 Å². The van der Waals surface area contributed by atoms with Crippen molar-refractivity contribution in [3.63, 3.8) is 0 Å². The summed E-state index contributed by atoms with van der Waals surface area (Å²) in [4.78, 5) is 13.3. The van der Waals surface area contributed by atoms with Crippen molar-refractivity contribution in [1.29, 1.82) is 0 Å². The Hall–Kier alpha value is -0.810. The molecule has 0 spiro atoms. The fraction of sp³-hybridized carbons (Fsp3) is 0.562. The zero-order valence-corrected chi connectivity index (χ0v) is 14.6. The van der Waals surface area contributed by atoms with Crippen molar-refractivity contribution in [1.82, 2.24) is 15.5 Å². The molecule has 1 aliphatic rings. The lowest BCUT2D eigenvalue weighted by Crippen LogP contribution is -2.50. The summed E-state index contributed by atoms with van der Waals surface area (Å²) in [5.74, 6) is 0.0769. The summed E-state index contributed by atoms with van der Waals surface area (Å²) in [5.41, 5.74) is 1.11.